The minimum atomic E-state index is 0.597. The molecule has 0 N–H and O–H groups in total. The predicted octanol–water partition coefficient (Wildman–Crippen LogP) is 3.34. The lowest BCUT2D eigenvalue weighted by Gasteiger charge is -2.28. The highest BCUT2D eigenvalue weighted by atomic mass is 127. The number of aliphatic imine (C=N–C) groups is 1. The van der Waals surface area contributed by atoms with Gasteiger partial charge in [0.1, 0.15) is 5.84 Å². The fourth-order valence-corrected chi connectivity index (χ4v) is 5.73. The third kappa shape index (κ3) is 3.83. The standard InChI is InChI=1S/C13H12I3N2O2/c1-8(18-2-4-20-5-3-18)17-13-11(15)6-10(14)9(7-19)12(13)16/h6H,2-5H2,1H3. The minimum Gasteiger partial charge on any atom is -0.378 e. The van der Waals surface area contributed by atoms with Crippen LogP contribution >= 0.6 is 67.8 Å². The first-order valence-electron chi connectivity index (χ1n) is 5.98. The van der Waals surface area contributed by atoms with Crippen LogP contribution in [0.25, 0.3) is 0 Å². The molecule has 0 amide bonds. The fraction of sp³-hybridized carbons (Fsp3) is 0.385. The number of halogens is 3. The molecule has 0 saturated carbocycles. The molecule has 1 saturated heterocycles. The van der Waals surface area contributed by atoms with Gasteiger partial charge >= 0.3 is 0 Å². The van der Waals surface area contributed by atoms with Gasteiger partial charge in [-0.25, -0.2) is 4.99 Å². The molecular formula is C13H12I3N2O2. The van der Waals surface area contributed by atoms with Crippen molar-refractivity contribution in [1.29, 1.82) is 0 Å². The highest BCUT2D eigenvalue weighted by molar-refractivity contribution is 14.1. The molecule has 1 aliphatic heterocycles. The van der Waals surface area contributed by atoms with Crippen molar-refractivity contribution in [2.75, 3.05) is 26.3 Å². The van der Waals surface area contributed by atoms with Crippen LogP contribution in [0, 0.1) is 10.7 Å². The zero-order valence-electron chi connectivity index (χ0n) is 10.8. The zero-order chi connectivity index (χ0) is 14.7. The van der Waals surface area contributed by atoms with E-state index >= 15 is 0 Å². The summed E-state index contributed by atoms with van der Waals surface area (Å²) >= 11 is 6.59. The Morgan fingerprint density at radius 1 is 1.30 bits per heavy atom. The van der Waals surface area contributed by atoms with E-state index in [1.165, 1.54) is 0 Å². The average Bonchev–Trinajstić information content (AvgIpc) is 2.44. The van der Waals surface area contributed by atoms with Crippen LogP contribution in [0.1, 0.15) is 12.5 Å². The highest BCUT2D eigenvalue weighted by Gasteiger charge is 2.16. The number of hydrogen-bond donors (Lipinski definition) is 0. The van der Waals surface area contributed by atoms with Crippen LogP contribution in [0.3, 0.4) is 0 Å². The summed E-state index contributed by atoms with van der Waals surface area (Å²) in [7, 11) is 0. The number of benzene rings is 1. The lowest BCUT2D eigenvalue weighted by atomic mass is 10.2. The van der Waals surface area contributed by atoms with E-state index < -0.39 is 0 Å². The van der Waals surface area contributed by atoms with Gasteiger partial charge in [-0.2, -0.15) is 0 Å². The van der Waals surface area contributed by atoms with Crippen LogP contribution in [0.5, 0.6) is 0 Å². The minimum absolute atomic E-state index is 0.597. The van der Waals surface area contributed by atoms with E-state index in [0.29, 0.717) is 5.56 Å². The number of hydrogen-bond acceptors (Lipinski definition) is 3. The lowest BCUT2D eigenvalue weighted by Crippen LogP contribution is -2.39. The Labute approximate surface area is 159 Å². The smallest absolute Gasteiger partial charge is 0.235 e. The molecule has 1 heterocycles. The van der Waals surface area contributed by atoms with Gasteiger partial charge in [0.05, 0.1) is 28.0 Å². The maximum atomic E-state index is 11.1. The second-order valence-electron chi connectivity index (χ2n) is 4.24. The molecule has 107 valence electrons. The first kappa shape index (κ1) is 16.9. The van der Waals surface area contributed by atoms with E-state index in [2.05, 4.69) is 72.7 Å². The largest absolute Gasteiger partial charge is 0.378 e. The average molecular weight is 609 g/mol. The third-order valence-electron chi connectivity index (χ3n) is 2.99. The third-order valence-corrected chi connectivity index (χ3v) is 5.71. The Balaban J connectivity index is 2.39. The molecule has 1 aromatic rings. The van der Waals surface area contributed by atoms with Crippen molar-refractivity contribution in [1.82, 2.24) is 4.90 Å². The second-order valence-corrected chi connectivity index (χ2v) is 7.64. The maximum absolute atomic E-state index is 11.1. The van der Waals surface area contributed by atoms with E-state index in [0.717, 1.165) is 48.5 Å². The van der Waals surface area contributed by atoms with Crippen LogP contribution in [-0.2, 0) is 9.53 Å². The van der Waals surface area contributed by atoms with Gasteiger partial charge in [0.15, 0.2) is 0 Å². The van der Waals surface area contributed by atoms with E-state index in [-0.39, 0.29) is 0 Å². The van der Waals surface area contributed by atoms with Crippen molar-refractivity contribution < 1.29 is 9.53 Å². The predicted molar refractivity (Wildman–Crippen MR) is 105 cm³/mol. The molecule has 2 rings (SSSR count). The number of ether oxygens (including phenoxy) is 1. The summed E-state index contributed by atoms with van der Waals surface area (Å²) in [5.74, 6) is 0.960. The van der Waals surface area contributed by atoms with Crippen molar-refractivity contribution in [2.24, 2.45) is 4.99 Å². The van der Waals surface area contributed by atoms with E-state index in [1.54, 1.807) is 0 Å². The molecular weight excluding hydrogens is 597 g/mol. The number of rotatable bonds is 2. The molecule has 0 aromatic heterocycles. The summed E-state index contributed by atoms with van der Waals surface area (Å²) in [6.07, 6.45) is 2.01. The van der Waals surface area contributed by atoms with Gasteiger partial charge in [0.25, 0.3) is 0 Å². The van der Waals surface area contributed by atoms with Gasteiger partial charge in [-0.1, -0.05) is 0 Å². The Morgan fingerprint density at radius 2 is 1.95 bits per heavy atom. The molecule has 1 radical (unpaired) electrons. The number of morpholine rings is 1. The molecule has 0 bridgehead atoms. The van der Waals surface area contributed by atoms with Gasteiger partial charge in [0.2, 0.25) is 6.29 Å². The van der Waals surface area contributed by atoms with E-state index in [4.69, 9.17) is 9.73 Å². The Bertz CT molecular complexity index is 555. The lowest BCUT2D eigenvalue weighted by molar-refractivity contribution is 0.0678. The first-order valence-corrected chi connectivity index (χ1v) is 9.22. The fourth-order valence-electron chi connectivity index (χ4n) is 1.90. The summed E-state index contributed by atoms with van der Waals surface area (Å²) in [5.41, 5.74) is 1.45. The van der Waals surface area contributed by atoms with Crippen molar-refractivity contribution in [2.45, 2.75) is 6.92 Å². The van der Waals surface area contributed by atoms with Gasteiger partial charge in [-0.15, -0.1) is 0 Å². The van der Waals surface area contributed by atoms with E-state index in [1.807, 2.05) is 19.3 Å². The van der Waals surface area contributed by atoms with Gasteiger partial charge in [-0.3, -0.25) is 4.79 Å². The van der Waals surface area contributed by atoms with Crippen LogP contribution in [-0.4, -0.2) is 43.3 Å². The molecule has 1 aromatic carbocycles. The van der Waals surface area contributed by atoms with Crippen molar-refractivity contribution in [3.8, 4) is 0 Å². The molecule has 0 atom stereocenters. The molecule has 20 heavy (non-hydrogen) atoms. The Morgan fingerprint density at radius 3 is 2.55 bits per heavy atom. The van der Waals surface area contributed by atoms with Crippen LogP contribution in [0.15, 0.2) is 11.1 Å². The molecule has 0 aliphatic carbocycles. The highest BCUT2D eigenvalue weighted by Crippen LogP contribution is 2.33. The molecule has 0 spiro atoms. The normalized spacial score (nSPS) is 16.4. The van der Waals surface area contributed by atoms with Gasteiger partial charge in [-0.05, 0) is 80.8 Å². The van der Waals surface area contributed by atoms with Crippen molar-refractivity contribution >= 4 is 85.6 Å². The van der Waals surface area contributed by atoms with E-state index in [9.17, 15) is 4.79 Å². The van der Waals surface area contributed by atoms with Gasteiger partial charge in [0, 0.05) is 20.2 Å². The quantitative estimate of drug-likeness (QED) is 0.294. The SMILES string of the molecule is CC(=Nc1c(I)cc(I)c([C]=O)c1I)N1CCOCC1. The molecule has 0 unspecified atom stereocenters. The summed E-state index contributed by atoms with van der Waals surface area (Å²) < 4.78 is 8.17. The number of nitrogens with zero attached hydrogens (tertiary/aromatic N) is 2. The molecule has 4 nitrogen and oxygen atoms in total. The number of amidine groups is 1. The second kappa shape index (κ2) is 7.68. The van der Waals surface area contributed by atoms with Crippen LogP contribution < -0.4 is 0 Å². The van der Waals surface area contributed by atoms with Crippen LogP contribution in [0.4, 0.5) is 5.69 Å². The van der Waals surface area contributed by atoms with Crippen LogP contribution in [0.2, 0.25) is 0 Å². The summed E-state index contributed by atoms with van der Waals surface area (Å²) in [5, 5.41) is 0. The maximum Gasteiger partial charge on any atom is 0.235 e. The van der Waals surface area contributed by atoms with Crippen molar-refractivity contribution in [3.63, 3.8) is 0 Å². The van der Waals surface area contributed by atoms with Gasteiger partial charge < -0.3 is 9.64 Å². The summed E-state index contributed by atoms with van der Waals surface area (Å²) in [6.45, 7) is 5.20. The molecule has 1 fully saturated rings. The number of carbonyl (C=O) groups excluding carboxylic acids is 1. The molecule has 1 aliphatic rings. The topological polar surface area (TPSA) is 41.9 Å². The van der Waals surface area contributed by atoms with Crippen molar-refractivity contribution in [3.05, 3.63) is 22.3 Å². The monoisotopic (exact) mass is 609 g/mol. The Hall–Kier alpha value is 0.510. The zero-order valence-corrected chi connectivity index (χ0v) is 17.2. The summed E-state index contributed by atoms with van der Waals surface area (Å²) in [6, 6.07) is 1.97. The summed E-state index contributed by atoms with van der Waals surface area (Å²) in [4.78, 5) is 18.0. The Kier molecular flexibility index (Phi) is 6.48. The molecule has 7 heteroatoms. The first-order chi connectivity index (χ1) is 9.54.